The Bertz CT molecular complexity index is 168. The molecule has 3 heteroatoms. The normalized spacial score (nSPS) is 28.3. The molecule has 1 fully saturated rings. The molecule has 3 nitrogen and oxygen atoms in total. The van der Waals surface area contributed by atoms with Gasteiger partial charge in [0.05, 0.1) is 0 Å². The highest BCUT2D eigenvalue weighted by atomic mass is 15.2. The number of hydrogen-bond acceptors (Lipinski definition) is 3. The summed E-state index contributed by atoms with van der Waals surface area (Å²) >= 11 is 0. The van der Waals surface area contributed by atoms with E-state index in [2.05, 4.69) is 37.7 Å². The summed E-state index contributed by atoms with van der Waals surface area (Å²) in [6.07, 6.45) is 1.30. The van der Waals surface area contributed by atoms with E-state index in [0.717, 1.165) is 12.6 Å². The van der Waals surface area contributed by atoms with Crippen LogP contribution in [0, 0.1) is 5.92 Å². The summed E-state index contributed by atoms with van der Waals surface area (Å²) in [4.78, 5) is 4.87. The molecule has 0 amide bonds. The van der Waals surface area contributed by atoms with Gasteiger partial charge in [-0.15, -0.1) is 0 Å². The molecule has 0 spiro atoms. The highest BCUT2D eigenvalue weighted by Gasteiger charge is 2.25. The van der Waals surface area contributed by atoms with Gasteiger partial charge in [-0.3, -0.25) is 0 Å². The summed E-state index contributed by atoms with van der Waals surface area (Å²) in [7, 11) is 4.34. The molecule has 0 aliphatic carbocycles. The third-order valence-corrected chi connectivity index (χ3v) is 3.42. The van der Waals surface area contributed by atoms with E-state index in [1.54, 1.807) is 0 Å². The van der Waals surface area contributed by atoms with Crippen LogP contribution in [0.4, 0.5) is 0 Å². The van der Waals surface area contributed by atoms with Crippen LogP contribution in [0.3, 0.4) is 0 Å². The fourth-order valence-electron chi connectivity index (χ4n) is 1.97. The van der Waals surface area contributed by atoms with Gasteiger partial charge < -0.3 is 15.5 Å². The molecular formula is C11H25N3. The lowest BCUT2D eigenvalue weighted by Gasteiger charge is -2.24. The number of likely N-dealkylation sites (tertiary alicyclic amines) is 1. The lowest BCUT2D eigenvalue weighted by atomic mass is 10.0. The number of likely N-dealkylation sites (N-methyl/N-ethyl adjacent to an activating group) is 1. The molecule has 0 aromatic rings. The summed E-state index contributed by atoms with van der Waals surface area (Å²) in [5, 5.41) is 0. The largest absolute Gasteiger partial charge is 0.328 e. The second kappa shape index (κ2) is 5.10. The molecule has 0 aromatic heterocycles. The Morgan fingerprint density at radius 3 is 2.50 bits per heavy atom. The monoisotopic (exact) mass is 199 g/mol. The van der Waals surface area contributed by atoms with Crippen molar-refractivity contribution in [2.75, 3.05) is 33.7 Å². The molecule has 2 N–H and O–H groups in total. The maximum atomic E-state index is 5.87. The van der Waals surface area contributed by atoms with Crippen molar-refractivity contribution in [2.45, 2.75) is 32.4 Å². The summed E-state index contributed by atoms with van der Waals surface area (Å²) in [6, 6.07) is 1.06. The van der Waals surface area contributed by atoms with Gasteiger partial charge in [-0.05, 0) is 39.9 Å². The fraction of sp³-hybridized carbons (Fsp3) is 1.00. The predicted molar refractivity (Wildman–Crippen MR) is 61.3 cm³/mol. The first-order chi connectivity index (χ1) is 6.50. The molecule has 1 saturated heterocycles. The molecule has 0 saturated carbocycles. The maximum absolute atomic E-state index is 5.87. The van der Waals surface area contributed by atoms with E-state index < -0.39 is 0 Å². The van der Waals surface area contributed by atoms with Crippen molar-refractivity contribution in [1.82, 2.24) is 9.80 Å². The molecule has 14 heavy (non-hydrogen) atoms. The van der Waals surface area contributed by atoms with E-state index in [1.807, 2.05) is 0 Å². The average Bonchev–Trinajstić information content (AvgIpc) is 2.52. The number of rotatable bonds is 4. The van der Waals surface area contributed by atoms with Crippen molar-refractivity contribution in [3.63, 3.8) is 0 Å². The number of nitrogens with zero attached hydrogens (tertiary/aromatic N) is 2. The molecule has 3 unspecified atom stereocenters. The van der Waals surface area contributed by atoms with Crippen LogP contribution < -0.4 is 5.73 Å². The van der Waals surface area contributed by atoms with Crippen LogP contribution in [0.1, 0.15) is 20.3 Å². The van der Waals surface area contributed by atoms with Gasteiger partial charge in [0.15, 0.2) is 0 Å². The standard InChI is InChI=1S/C11H25N3/c1-9(10(2)12)7-14-6-5-11(8-14)13(3)4/h9-11H,5-8,12H2,1-4H3. The van der Waals surface area contributed by atoms with Gasteiger partial charge >= 0.3 is 0 Å². The van der Waals surface area contributed by atoms with Crippen molar-refractivity contribution in [2.24, 2.45) is 11.7 Å². The summed E-state index contributed by atoms with van der Waals surface area (Å²) < 4.78 is 0. The third-order valence-electron chi connectivity index (χ3n) is 3.42. The fourth-order valence-corrected chi connectivity index (χ4v) is 1.97. The van der Waals surface area contributed by atoms with E-state index in [4.69, 9.17) is 5.73 Å². The van der Waals surface area contributed by atoms with Gasteiger partial charge in [-0.25, -0.2) is 0 Å². The number of hydrogen-bond donors (Lipinski definition) is 1. The van der Waals surface area contributed by atoms with Gasteiger partial charge in [-0.2, -0.15) is 0 Å². The Labute approximate surface area is 88.2 Å². The van der Waals surface area contributed by atoms with Crippen LogP contribution in [0.2, 0.25) is 0 Å². The Hall–Kier alpha value is -0.120. The molecule has 84 valence electrons. The van der Waals surface area contributed by atoms with Crippen molar-refractivity contribution in [3.8, 4) is 0 Å². The SMILES string of the molecule is CC(N)C(C)CN1CCC(N(C)C)C1. The number of nitrogens with two attached hydrogens (primary N) is 1. The molecular weight excluding hydrogens is 174 g/mol. The van der Waals surface area contributed by atoms with E-state index in [0.29, 0.717) is 12.0 Å². The molecule has 1 aliphatic rings. The second-order valence-corrected chi connectivity index (χ2v) is 5.00. The Morgan fingerprint density at radius 2 is 2.07 bits per heavy atom. The second-order valence-electron chi connectivity index (χ2n) is 5.00. The van der Waals surface area contributed by atoms with Crippen molar-refractivity contribution < 1.29 is 0 Å². The summed E-state index contributed by atoms with van der Waals surface area (Å²) in [6.45, 7) is 7.95. The van der Waals surface area contributed by atoms with E-state index in [1.165, 1.54) is 19.5 Å². The minimum atomic E-state index is 0.313. The zero-order valence-electron chi connectivity index (χ0n) is 10.0. The van der Waals surface area contributed by atoms with Crippen molar-refractivity contribution in [3.05, 3.63) is 0 Å². The van der Waals surface area contributed by atoms with Crippen molar-refractivity contribution >= 4 is 0 Å². The summed E-state index contributed by atoms with van der Waals surface area (Å²) in [5.74, 6) is 0.607. The minimum absolute atomic E-state index is 0.313. The lowest BCUT2D eigenvalue weighted by Crippen LogP contribution is -2.37. The predicted octanol–water partition coefficient (Wildman–Crippen LogP) is 0.606. The van der Waals surface area contributed by atoms with Crippen LogP contribution in [-0.2, 0) is 0 Å². The highest BCUT2D eigenvalue weighted by Crippen LogP contribution is 2.15. The Balaban J connectivity index is 2.29. The smallest absolute Gasteiger partial charge is 0.0229 e. The minimum Gasteiger partial charge on any atom is -0.328 e. The van der Waals surface area contributed by atoms with Gasteiger partial charge in [0.25, 0.3) is 0 Å². The zero-order valence-corrected chi connectivity index (χ0v) is 10.0. The molecule has 0 bridgehead atoms. The van der Waals surface area contributed by atoms with Gasteiger partial charge in [-0.1, -0.05) is 6.92 Å². The first-order valence-corrected chi connectivity index (χ1v) is 5.65. The maximum Gasteiger partial charge on any atom is 0.0229 e. The molecule has 3 atom stereocenters. The lowest BCUT2D eigenvalue weighted by molar-refractivity contribution is 0.238. The average molecular weight is 199 g/mol. The van der Waals surface area contributed by atoms with Crippen molar-refractivity contribution in [1.29, 1.82) is 0 Å². The molecule has 1 rings (SSSR count). The molecule has 1 aliphatic heterocycles. The van der Waals surface area contributed by atoms with E-state index in [-0.39, 0.29) is 0 Å². The first-order valence-electron chi connectivity index (χ1n) is 5.65. The Kier molecular flexibility index (Phi) is 4.35. The van der Waals surface area contributed by atoms with Gasteiger partial charge in [0.1, 0.15) is 0 Å². The summed E-state index contributed by atoms with van der Waals surface area (Å²) in [5.41, 5.74) is 5.87. The van der Waals surface area contributed by atoms with Gasteiger partial charge in [0.2, 0.25) is 0 Å². The molecule has 1 heterocycles. The van der Waals surface area contributed by atoms with Crippen LogP contribution >= 0.6 is 0 Å². The zero-order chi connectivity index (χ0) is 10.7. The van der Waals surface area contributed by atoms with E-state index >= 15 is 0 Å². The topological polar surface area (TPSA) is 32.5 Å². The highest BCUT2D eigenvalue weighted by molar-refractivity contribution is 4.82. The first kappa shape index (κ1) is 12.0. The van der Waals surface area contributed by atoms with Crippen LogP contribution in [-0.4, -0.2) is 55.6 Å². The molecule has 0 aromatic carbocycles. The third kappa shape index (κ3) is 3.23. The van der Waals surface area contributed by atoms with Crippen LogP contribution in [0.15, 0.2) is 0 Å². The van der Waals surface area contributed by atoms with Gasteiger partial charge in [0, 0.05) is 25.2 Å². The van der Waals surface area contributed by atoms with E-state index in [9.17, 15) is 0 Å². The van der Waals surface area contributed by atoms with Crippen LogP contribution in [0.25, 0.3) is 0 Å². The quantitative estimate of drug-likeness (QED) is 0.720. The van der Waals surface area contributed by atoms with Crippen LogP contribution in [0.5, 0.6) is 0 Å². The molecule has 0 radical (unpaired) electrons. The Morgan fingerprint density at radius 1 is 1.43 bits per heavy atom.